The fraction of sp³-hybridized carbons (Fsp3) is 0.300. The van der Waals surface area contributed by atoms with Crippen LogP contribution in [0.15, 0.2) is 53.4 Å². The predicted molar refractivity (Wildman–Crippen MR) is 102 cm³/mol. The van der Waals surface area contributed by atoms with E-state index in [4.69, 9.17) is 10.00 Å². The van der Waals surface area contributed by atoms with Crippen LogP contribution in [0.2, 0.25) is 0 Å². The number of para-hydroxylation sites is 1. The first-order chi connectivity index (χ1) is 12.2. The van der Waals surface area contributed by atoms with Crippen molar-refractivity contribution in [2.24, 2.45) is 0 Å². The molecular formula is C20H22N2O2S. The number of benzene rings is 2. The molecule has 0 radical (unpaired) electrons. The lowest BCUT2D eigenvalue weighted by atomic mass is 10.1. The molecule has 0 unspecified atom stereocenters. The van der Waals surface area contributed by atoms with Crippen LogP contribution in [0.25, 0.3) is 0 Å². The highest BCUT2D eigenvalue weighted by Gasteiger charge is 2.06. The van der Waals surface area contributed by atoms with E-state index in [-0.39, 0.29) is 5.97 Å². The van der Waals surface area contributed by atoms with E-state index < -0.39 is 0 Å². The average Bonchev–Trinajstić information content (AvgIpc) is 2.67. The van der Waals surface area contributed by atoms with Gasteiger partial charge in [-0.25, -0.2) is 4.79 Å². The molecule has 0 fully saturated rings. The number of rotatable bonds is 8. The molecule has 0 aromatic heterocycles. The molecule has 0 bridgehead atoms. The number of esters is 1. The van der Waals surface area contributed by atoms with Gasteiger partial charge in [0.25, 0.3) is 0 Å². The standard InChI is InChI=1S/C20H22N2O2S/c1-22(19-8-4-3-7-17(19)15-21)13-5-6-14-25-18-11-9-16(10-12-18)20(23)24-2/h3-4,7-12H,5-6,13-14H2,1-2H3. The number of thioether (sulfide) groups is 1. The van der Waals surface area contributed by atoms with Crippen molar-refractivity contribution in [1.82, 2.24) is 0 Å². The van der Waals surface area contributed by atoms with Crippen molar-refractivity contribution in [3.63, 3.8) is 0 Å². The Balaban J connectivity index is 1.73. The Morgan fingerprint density at radius 1 is 1.16 bits per heavy atom. The monoisotopic (exact) mass is 354 g/mol. The first-order valence-electron chi connectivity index (χ1n) is 8.17. The van der Waals surface area contributed by atoms with Gasteiger partial charge >= 0.3 is 5.97 Å². The Morgan fingerprint density at radius 3 is 2.56 bits per heavy atom. The summed E-state index contributed by atoms with van der Waals surface area (Å²) in [5.41, 5.74) is 2.27. The fourth-order valence-electron chi connectivity index (χ4n) is 2.47. The molecule has 2 aromatic rings. The van der Waals surface area contributed by atoms with Gasteiger partial charge in [-0.1, -0.05) is 12.1 Å². The average molecular weight is 354 g/mol. The van der Waals surface area contributed by atoms with Gasteiger partial charge in [0, 0.05) is 18.5 Å². The van der Waals surface area contributed by atoms with Crippen molar-refractivity contribution in [2.45, 2.75) is 17.7 Å². The van der Waals surface area contributed by atoms with Gasteiger partial charge < -0.3 is 9.64 Å². The number of carbonyl (C=O) groups excluding carboxylic acids is 1. The van der Waals surface area contributed by atoms with Crippen molar-refractivity contribution in [3.05, 3.63) is 59.7 Å². The van der Waals surface area contributed by atoms with Gasteiger partial charge in [0.1, 0.15) is 6.07 Å². The summed E-state index contributed by atoms with van der Waals surface area (Å²) in [4.78, 5) is 14.7. The zero-order valence-corrected chi connectivity index (χ0v) is 15.4. The number of anilines is 1. The highest BCUT2D eigenvalue weighted by atomic mass is 32.2. The van der Waals surface area contributed by atoms with E-state index in [9.17, 15) is 4.79 Å². The SMILES string of the molecule is COC(=O)c1ccc(SCCCCN(C)c2ccccc2C#N)cc1. The number of unbranched alkanes of at least 4 members (excludes halogenated alkanes) is 1. The first kappa shape index (κ1) is 18.9. The Labute approximate surface area is 153 Å². The van der Waals surface area contributed by atoms with E-state index in [0.717, 1.165) is 35.7 Å². The number of methoxy groups -OCH3 is 1. The number of nitrogens with zero attached hydrogens (tertiary/aromatic N) is 2. The van der Waals surface area contributed by atoms with Crippen LogP contribution in [0.1, 0.15) is 28.8 Å². The number of nitriles is 1. The number of ether oxygens (including phenoxy) is 1. The van der Waals surface area contributed by atoms with Gasteiger partial charge in [0.05, 0.1) is 23.9 Å². The second kappa shape index (κ2) is 9.75. The van der Waals surface area contributed by atoms with Gasteiger partial charge in [-0.3, -0.25) is 0 Å². The summed E-state index contributed by atoms with van der Waals surface area (Å²) >= 11 is 1.78. The molecule has 0 saturated heterocycles. The van der Waals surface area contributed by atoms with E-state index in [0.29, 0.717) is 11.1 Å². The molecular weight excluding hydrogens is 332 g/mol. The number of carbonyl (C=O) groups is 1. The molecule has 0 spiro atoms. The molecule has 0 aliphatic rings. The third kappa shape index (κ3) is 5.54. The predicted octanol–water partition coefficient (Wildman–Crippen LogP) is 4.35. The molecule has 0 aliphatic heterocycles. The van der Waals surface area contributed by atoms with Crippen LogP contribution in [0, 0.1) is 11.3 Å². The first-order valence-corrected chi connectivity index (χ1v) is 9.15. The summed E-state index contributed by atoms with van der Waals surface area (Å²) in [5, 5.41) is 9.16. The van der Waals surface area contributed by atoms with Crippen LogP contribution in [0.3, 0.4) is 0 Å². The topological polar surface area (TPSA) is 53.3 Å². The van der Waals surface area contributed by atoms with Crippen LogP contribution in [-0.4, -0.2) is 32.4 Å². The molecule has 5 heteroatoms. The maximum absolute atomic E-state index is 11.4. The maximum atomic E-state index is 11.4. The van der Waals surface area contributed by atoms with E-state index >= 15 is 0 Å². The molecule has 2 rings (SSSR count). The van der Waals surface area contributed by atoms with Crippen LogP contribution < -0.4 is 4.90 Å². The minimum atomic E-state index is -0.308. The molecule has 0 heterocycles. The van der Waals surface area contributed by atoms with Crippen molar-refractivity contribution >= 4 is 23.4 Å². The number of hydrogen-bond acceptors (Lipinski definition) is 5. The van der Waals surface area contributed by atoms with Gasteiger partial charge in [-0.15, -0.1) is 11.8 Å². The third-order valence-electron chi connectivity index (χ3n) is 3.87. The molecule has 4 nitrogen and oxygen atoms in total. The quantitative estimate of drug-likeness (QED) is 0.401. The van der Waals surface area contributed by atoms with Gasteiger partial charge in [-0.05, 0) is 55.0 Å². The summed E-state index contributed by atoms with van der Waals surface area (Å²) < 4.78 is 4.69. The Morgan fingerprint density at radius 2 is 1.88 bits per heavy atom. The van der Waals surface area contributed by atoms with Crippen LogP contribution in [-0.2, 0) is 4.74 Å². The second-order valence-corrected chi connectivity index (χ2v) is 6.79. The maximum Gasteiger partial charge on any atom is 0.337 e. The molecule has 0 atom stereocenters. The molecule has 2 aromatic carbocycles. The van der Waals surface area contributed by atoms with E-state index in [1.165, 1.54) is 7.11 Å². The van der Waals surface area contributed by atoms with Crippen LogP contribution in [0.4, 0.5) is 5.69 Å². The lowest BCUT2D eigenvalue weighted by molar-refractivity contribution is 0.0600. The number of hydrogen-bond donors (Lipinski definition) is 0. The highest BCUT2D eigenvalue weighted by Crippen LogP contribution is 2.21. The Hall–Kier alpha value is -2.45. The Kier molecular flexibility index (Phi) is 7.36. The van der Waals surface area contributed by atoms with Crippen molar-refractivity contribution < 1.29 is 9.53 Å². The molecule has 0 N–H and O–H groups in total. The van der Waals surface area contributed by atoms with Crippen molar-refractivity contribution in [1.29, 1.82) is 5.26 Å². The van der Waals surface area contributed by atoms with E-state index in [1.54, 1.807) is 23.9 Å². The molecule has 0 saturated carbocycles. The van der Waals surface area contributed by atoms with Crippen molar-refractivity contribution in [3.8, 4) is 6.07 Å². The molecule has 0 amide bonds. The zero-order valence-electron chi connectivity index (χ0n) is 14.6. The van der Waals surface area contributed by atoms with E-state index in [1.807, 2.05) is 43.4 Å². The Bertz CT molecular complexity index is 738. The third-order valence-corrected chi connectivity index (χ3v) is 4.97. The summed E-state index contributed by atoms with van der Waals surface area (Å²) in [5.74, 6) is 0.711. The largest absolute Gasteiger partial charge is 0.465 e. The molecule has 25 heavy (non-hydrogen) atoms. The fourth-order valence-corrected chi connectivity index (χ4v) is 3.38. The normalized spacial score (nSPS) is 10.1. The van der Waals surface area contributed by atoms with Gasteiger partial charge in [0.2, 0.25) is 0 Å². The van der Waals surface area contributed by atoms with Gasteiger partial charge in [0.15, 0.2) is 0 Å². The van der Waals surface area contributed by atoms with Crippen LogP contribution >= 0.6 is 11.8 Å². The van der Waals surface area contributed by atoms with Crippen molar-refractivity contribution in [2.75, 3.05) is 31.4 Å². The summed E-state index contributed by atoms with van der Waals surface area (Å²) in [6.07, 6.45) is 2.14. The zero-order chi connectivity index (χ0) is 18.1. The smallest absolute Gasteiger partial charge is 0.337 e. The minimum absolute atomic E-state index is 0.308. The molecule has 0 aliphatic carbocycles. The summed E-state index contributed by atoms with van der Waals surface area (Å²) in [7, 11) is 3.41. The van der Waals surface area contributed by atoms with Crippen LogP contribution in [0.5, 0.6) is 0 Å². The van der Waals surface area contributed by atoms with E-state index in [2.05, 4.69) is 11.0 Å². The highest BCUT2D eigenvalue weighted by molar-refractivity contribution is 7.99. The van der Waals surface area contributed by atoms with Gasteiger partial charge in [-0.2, -0.15) is 5.26 Å². The summed E-state index contributed by atoms with van der Waals surface area (Å²) in [6, 6.07) is 17.4. The summed E-state index contributed by atoms with van der Waals surface area (Å²) in [6.45, 7) is 0.917. The minimum Gasteiger partial charge on any atom is -0.465 e. The lowest BCUT2D eigenvalue weighted by Gasteiger charge is -2.20. The second-order valence-electron chi connectivity index (χ2n) is 5.62. The molecule has 130 valence electrons. The lowest BCUT2D eigenvalue weighted by Crippen LogP contribution is -2.19.